The van der Waals surface area contributed by atoms with Gasteiger partial charge in [0.25, 0.3) is 5.91 Å². The molecule has 2 heterocycles. The maximum atomic E-state index is 13.1. The molecule has 2 aliphatic heterocycles. The average Bonchev–Trinajstić information content (AvgIpc) is 2.85. The van der Waals surface area contributed by atoms with E-state index in [0.29, 0.717) is 6.61 Å². The predicted octanol–water partition coefficient (Wildman–Crippen LogP) is 2.52. The Labute approximate surface area is 124 Å². The van der Waals surface area contributed by atoms with E-state index in [9.17, 15) is 9.18 Å². The fourth-order valence-electron chi connectivity index (χ4n) is 2.94. The molecule has 1 aromatic rings. The Bertz CT molecular complexity index is 526. The Morgan fingerprint density at radius 2 is 1.95 bits per heavy atom. The summed E-state index contributed by atoms with van der Waals surface area (Å²) in [5.74, 6) is -0.287. The lowest BCUT2D eigenvalue weighted by Gasteiger charge is -2.45. The van der Waals surface area contributed by atoms with E-state index in [-0.39, 0.29) is 17.8 Å². The van der Waals surface area contributed by atoms with Gasteiger partial charge in [-0.1, -0.05) is 12.1 Å². The van der Waals surface area contributed by atoms with Crippen LogP contribution >= 0.6 is 0 Å². The molecule has 0 spiro atoms. The molecule has 5 heteroatoms. The van der Waals surface area contributed by atoms with Crippen molar-refractivity contribution in [3.05, 3.63) is 35.6 Å². The molecular weight excluding hydrogens is 271 g/mol. The highest BCUT2D eigenvalue weighted by Crippen LogP contribution is 2.34. The van der Waals surface area contributed by atoms with Crippen LogP contribution in [-0.2, 0) is 9.63 Å². The third-order valence-electron chi connectivity index (χ3n) is 4.53. The number of hydroxylamine groups is 2. The number of rotatable bonds is 3. The number of hydrogen-bond acceptors (Lipinski definition) is 3. The van der Waals surface area contributed by atoms with E-state index in [2.05, 4.69) is 4.90 Å². The van der Waals surface area contributed by atoms with Gasteiger partial charge in [-0.2, -0.15) is 0 Å². The fourth-order valence-corrected chi connectivity index (χ4v) is 2.94. The second kappa shape index (κ2) is 5.39. The van der Waals surface area contributed by atoms with Crippen LogP contribution in [0.1, 0.15) is 38.3 Å². The maximum Gasteiger partial charge on any atom is 0.266 e. The molecule has 0 saturated carbocycles. The van der Waals surface area contributed by atoms with Crippen molar-refractivity contribution in [3.8, 4) is 0 Å². The molecule has 3 rings (SSSR count). The number of likely N-dealkylation sites (tertiary alicyclic amines) is 1. The Morgan fingerprint density at radius 3 is 2.52 bits per heavy atom. The van der Waals surface area contributed by atoms with Crippen molar-refractivity contribution in [1.29, 1.82) is 0 Å². The molecule has 0 bridgehead atoms. The van der Waals surface area contributed by atoms with Crippen molar-refractivity contribution in [2.24, 2.45) is 0 Å². The molecule has 0 radical (unpaired) electrons. The predicted molar refractivity (Wildman–Crippen MR) is 76.8 cm³/mol. The lowest BCUT2D eigenvalue weighted by molar-refractivity contribution is -0.190. The van der Waals surface area contributed by atoms with E-state index in [1.54, 1.807) is 12.1 Å². The molecule has 0 unspecified atom stereocenters. The van der Waals surface area contributed by atoms with Crippen molar-refractivity contribution >= 4 is 5.91 Å². The van der Waals surface area contributed by atoms with Crippen LogP contribution in [0, 0.1) is 5.82 Å². The maximum absolute atomic E-state index is 13.1. The Kier molecular flexibility index (Phi) is 3.71. The first-order valence-corrected chi connectivity index (χ1v) is 7.47. The summed E-state index contributed by atoms with van der Waals surface area (Å²) in [5.41, 5.74) is 0.364. The van der Waals surface area contributed by atoms with Crippen molar-refractivity contribution in [3.63, 3.8) is 0 Å². The lowest BCUT2D eigenvalue weighted by Crippen LogP contribution is -2.60. The number of benzene rings is 1. The van der Waals surface area contributed by atoms with Crippen molar-refractivity contribution < 1.29 is 14.0 Å². The summed E-state index contributed by atoms with van der Waals surface area (Å²) in [5, 5.41) is 1.49. The molecule has 4 nitrogen and oxygen atoms in total. The van der Waals surface area contributed by atoms with Crippen LogP contribution in [-0.4, -0.2) is 41.1 Å². The molecular formula is C16H21FN2O2. The molecule has 0 aromatic heterocycles. The number of halogens is 1. The molecule has 1 amide bonds. The minimum Gasteiger partial charge on any atom is -0.290 e. The van der Waals surface area contributed by atoms with Gasteiger partial charge in [-0.15, -0.1) is 0 Å². The number of amides is 1. The zero-order valence-electron chi connectivity index (χ0n) is 12.5. The Hall–Kier alpha value is -1.46. The highest BCUT2D eigenvalue weighted by molar-refractivity contribution is 5.85. The zero-order chi connectivity index (χ0) is 15.0. The van der Waals surface area contributed by atoms with E-state index in [0.717, 1.165) is 31.5 Å². The smallest absolute Gasteiger partial charge is 0.266 e. The van der Waals surface area contributed by atoms with Gasteiger partial charge in [-0.25, -0.2) is 9.45 Å². The third kappa shape index (κ3) is 2.56. The van der Waals surface area contributed by atoms with E-state index >= 15 is 0 Å². The van der Waals surface area contributed by atoms with Gasteiger partial charge >= 0.3 is 0 Å². The number of hydrogen-bond donors (Lipinski definition) is 0. The van der Waals surface area contributed by atoms with Crippen molar-refractivity contribution in [1.82, 2.24) is 9.96 Å². The highest BCUT2D eigenvalue weighted by Gasteiger charge is 2.44. The quantitative estimate of drug-likeness (QED) is 0.858. The van der Waals surface area contributed by atoms with Crippen molar-refractivity contribution in [2.45, 2.75) is 38.3 Å². The van der Waals surface area contributed by atoms with E-state index < -0.39 is 5.54 Å². The average molecular weight is 292 g/mol. The SMILES string of the molecule is CC(C)(C(=O)N1OCC[C@H]1c1ccc(F)cc1)N1CCC1. The first kappa shape index (κ1) is 14.5. The molecule has 2 fully saturated rings. The van der Waals surface area contributed by atoms with Gasteiger partial charge in [-0.05, 0) is 38.0 Å². The van der Waals surface area contributed by atoms with Crippen molar-refractivity contribution in [2.75, 3.05) is 19.7 Å². The van der Waals surface area contributed by atoms with Crippen LogP contribution in [0.4, 0.5) is 4.39 Å². The number of carbonyl (C=O) groups is 1. The van der Waals surface area contributed by atoms with Crippen LogP contribution in [0.5, 0.6) is 0 Å². The van der Waals surface area contributed by atoms with Gasteiger partial charge in [0.05, 0.1) is 18.2 Å². The monoisotopic (exact) mass is 292 g/mol. The largest absolute Gasteiger partial charge is 0.290 e. The van der Waals surface area contributed by atoms with Gasteiger partial charge in [0.1, 0.15) is 5.82 Å². The van der Waals surface area contributed by atoms with Crippen LogP contribution in [0.25, 0.3) is 0 Å². The van der Waals surface area contributed by atoms with Gasteiger partial charge in [0, 0.05) is 19.5 Å². The summed E-state index contributed by atoms with van der Waals surface area (Å²) in [4.78, 5) is 20.6. The van der Waals surface area contributed by atoms with Crippen LogP contribution in [0.15, 0.2) is 24.3 Å². The summed E-state index contributed by atoms with van der Waals surface area (Å²) in [7, 11) is 0. The van der Waals surface area contributed by atoms with Gasteiger partial charge < -0.3 is 0 Å². The normalized spacial score (nSPS) is 23.2. The zero-order valence-corrected chi connectivity index (χ0v) is 12.5. The van der Waals surface area contributed by atoms with E-state index in [1.165, 1.54) is 17.2 Å². The Balaban J connectivity index is 1.80. The molecule has 2 saturated heterocycles. The minimum absolute atomic E-state index is 0.0194. The molecule has 114 valence electrons. The first-order valence-electron chi connectivity index (χ1n) is 7.47. The molecule has 0 aliphatic carbocycles. The van der Waals surface area contributed by atoms with Crippen LogP contribution in [0.3, 0.4) is 0 Å². The van der Waals surface area contributed by atoms with E-state index in [1.807, 2.05) is 13.8 Å². The fraction of sp³-hybridized carbons (Fsp3) is 0.562. The number of carbonyl (C=O) groups excluding carboxylic acids is 1. The highest BCUT2D eigenvalue weighted by atomic mass is 19.1. The van der Waals surface area contributed by atoms with Gasteiger partial charge in [0.2, 0.25) is 0 Å². The summed E-state index contributed by atoms with van der Waals surface area (Å²) < 4.78 is 13.1. The molecule has 1 atom stereocenters. The minimum atomic E-state index is -0.555. The second-order valence-electron chi connectivity index (χ2n) is 6.22. The van der Waals surface area contributed by atoms with E-state index in [4.69, 9.17) is 4.84 Å². The first-order chi connectivity index (χ1) is 10.00. The second-order valence-corrected chi connectivity index (χ2v) is 6.22. The summed E-state index contributed by atoms with van der Waals surface area (Å²) in [6.45, 7) is 6.31. The molecule has 2 aliphatic rings. The van der Waals surface area contributed by atoms with Gasteiger partial charge in [0.15, 0.2) is 0 Å². The van der Waals surface area contributed by atoms with Crippen LogP contribution in [0.2, 0.25) is 0 Å². The molecule has 21 heavy (non-hydrogen) atoms. The Morgan fingerprint density at radius 1 is 1.29 bits per heavy atom. The standard InChI is InChI=1S/C16H21FN2O2/c1-16(2,18-9-3-10-18)15(20)19-14(8-11-21-19)12-4-6-13(17)7-5-12/h4-7,14H,3,8-11H2,1-2H3/t14-/m0/s1. The molecule has 1 aromatic carbocycles. The lowest BCUT2D eigenvalue weighted by atomic mass is 9.95. The summed E-state index contributed by atoms with van der Waals surface area (Å²) in [6.07, 6.45) is 1.88. The summed E-state index contributed by atoms with van der Waals surface area (Å²) >= 11 is 0. The third-order valence-corrected chi connectivity index (χ3v) is 4.53. The molecule has 0 N–H and O–H groups in total. The summed E-state index contributed by atoms with van der Waals surface area (Å²) in [6, 6.07) is 6.18. The van der Waals surface area contributed by atoms with Gasteiger partial charge in [-0.3, -0.25) is 14.5 Å². The number of nitrogens with zero attached hydrogens (tertiary/aromatic N) is 2. The van der Waals surface area contributed by atoms with Crippen LogP contribution < -0.4 is 0 Å². The topological polar surface area (TPSA) is 32.8 Å².